The Kier molecular flexibility index (Phi) is 2.35. The lowest BCUT2D eigenvalue weighted by atomic mass is 10.1. The first-order chi connectivity index (χ1) is 8.54. The number of pyridine rings is 1. The first kappa shape index (κ1) is 11.2. The van der Waals surface area contributed by atoms with Crippen molar-refractivity contribution in [2.75, 3.05) is 0 Å². The van der Waals surface area contributed by atoms with Gasteiger partial charge in [-0.2, -0.15) is 0 Å². The van der Waals surface area contributed by atoms with Crippen LogP contribution in [0.4, 0.5) is 0 Å². The van der Waals surface area contributed by atoms with Crippen molar-refractivity contribution < 1.29 is 9.90 Å². The van der Waals surface area contributed by atoms with E-state index in [9.17, 15) is 4.79 Å². The number of hydrogen-bond donors (Lipinski definition) is 1. The topological polar surface area (TPSA) is 50.2 Å². The highest BCUT2D eigenvalue weighted by molar-refractivity contribution is 7.20. The van der Waals surface area contributed by atoms with Gasteiger partial charge in [-0.15, -0.1) is 11.3 Å². The van der Waals surface area contributed by atoms with Crippen molar-refractivity contribution in [3.63, 3.8) is 0 Å². The van der Waals surface area contributed by atoms with E-state index in [-0.39, 0.29) is 0 Å². The molecular weight excluding hydrogens is 246 g/mol. The largest absolute Gasteiger partial charge is 0.477 e. The molecule has 0 radical (unpaired) electrons. The third-order valence-corrected chi connectivity index (χ3v) is 4.01. The second-order valence-electron chi connectivity index (χ2n) is 4.45. The molecular formula is C14H11NO2S. The summed E-state index contributed by atoms with van der Waals surface area (Å²) in [5.41, 5.74) is 3.27. The number of rotatable bonds is 1. The third kappa shape index (κ3) is 1.66. The summed E-state index contributed by atoms with van der Waals surface area (Å²) in [6, 6.07) is 7.85. The number of carbonyl (C=O) groups is 1. The van der Waals surface area contributed by atoms with Crippen molar-refractivity contribution in [1.29, 1.82) is 0 Å². The van der Waals surface area contributed by atoms with E-state index in [1.54, 1.807) is 6.07 Å². The van der Waals surface area contributed by atoms with Crippen LogP contribution in [0.3, 0.4) is 0 Å². The van der Waals surface area contributed by atoms with E-state index in [0.717, 1.165) is 21.1 Å². The van der Waals surface area contributed by atoms with Gasteiger partial charge < -0.3 is 5.11 Å². The summed E-state index contributed by atoms with van der Waals surface area (Å²) in [4.78, 5) is 16.6. The summed E-state index contributed by atoms with van der Waals surface area (Å²) in [5.74, 6) is -0.894. The molecule has 0 fully saturated rings. The molecule has 0 aliphatic heterocycles. The number of hydrogen-bond acceptors (Lipinski definition) is 3. The average molecular weight is 257 g/mol. The Labute approximate surface area is 108 Å². The second-order valence-corrected chi connectivity index (χ2v) is 5.48. The van der Waals surface area contributed by atoms with Crippen LogP contribution in [0.5, 0.6) is 0 Å². The zero-order chi connectivity index (χ0) is 12.9. The molecule has 0 aliphatic rings. The average Bonchev–Trinajstić information content (AvgIpc) is 2.69. The molecule has 3 nitrogen and oxygen atoms in total. The zero-order valence-corrected chi connectivity index (χ0v) is 10.8. The molecule has 1 aromatic carbocycles. The summed E-state index contributed by atoms with van der Waals surface area (Å²) in [5, 5.41) is 11.0. The van der Waals surface area contributed by atoms with Crippen molar-refractivity contribution >= 4 is 38.4 Å². The molecule has 2 heterocycles. The fourth-order valence-corrected chi connectivity index (χ4v) is 3.05. The predicted octanol–water partition coefficient (Wildman–Crippen LogP) is 3.76. The number of aromatic nitrogens is 1. The van der Waals surface area contributed by atoms with Gasteiger partial charge in [-0.25, -0.2) is 9.78 Å². The van der Waals surface area contributed by atoms with Gasteiger partial charge >= 0.3 is 5.97 Å². The van der Waals surface area contributed by atoms with E-state index >= 15 is 0 Å². The Balaban J connectivity index is 2.40. The predicted molar refractivity (Wildman–Crippen MR) is 73.6 cm³/mol. The van der Waals surface area contributed by atoms with Crippen LogP contribution in [0.2, 0.25) is 0 Å². The Hall–Kier alpha value is -1.94. The van der Waals surface area contributed by atoms with E-state index in [1.807, 2.05) is 26.0 Å². The van der Waals surface area contributed by atoms with Crippen LogP contribution in [0, 0.1) is 13.8 Å². The molecule has 0 atom stereocenters. The molecule has 0 bridgehead atoms. The summed E-state index contributed by atoms with van der Waals surface area (Å²) < 4.78 is 0. The normalized spacial score (nSPS) is 11.2. The first-order valence-electron chi connectivity index (χ1n) is 5.59. The van der Waals surface area contributed by atoms with Crippen LogP contribution >= 0.6 is 11.3 Å². The Bertz CT molecular complexity index is 789. The first-order valence-corrected chi connectivity index (χ1v) is 6.41. The van der Waals surface area contributed by atoms with Gasteiger partial charge in [0, 0.05) is 10.8 Å². The van der Waals surface area contributed by atoms with Crippen LogP contribution in [0.25, 0.3) is 21.1 Å². The van der Waals surface area contributed by atoms with E-state index in [4.69, 9.17) is 5.11 Å². The standard InChI is InChI=1S/C14H11NO2S/c1-7-3-8(2)10-5-9-6-12(14(16)17)18-13(9)15-11(10)4-7/h3-6H,1-2H3,(H,16,17). The fraction of sp³-hybridized carbons (Fsp3) is 0.143. The highest BCUT2D eigenvalue weighted by Gasteiger charge is 2.11. The molecule has 2 aromatic heterocycles. The highest BCUT2D eigenvalue weighted by Crippen LogP contribution is 2.29. The van der Waals surface area contributed by atoms with Crippen molar-refractivity contribution in [3.05, 3.63) is 40.3 Å². The molecule has 1 N–H and O–H groups in total. The van der Waals surface area contributed by atoms with Gasteiger partial charge in [-0.1, -0.05) is 6.07 Å². The molecule has 0 aliphatic carbocycles. The van der Waals surface area contributed by atoms with Gasteiger partial charge in [0.05, 0.1) is 5.52 Å². The molecule has 0 amide bonds. The quantitative estimate of drug-likeness (QED) is 0.722. The number of thiophene rings is 1. The molecule has 0 saturated carbocycles. The van der Waals surface area contributed by atoms with Gasteiger partial charge in [-0.3, -0.25) is 0 Å². The van der Waals surface area contributed by atoms with Gasteiger partial charge in [0.15, 0.2) is 0 Å². The smallest absolute Gasteiger partial charge is 0.345 e. The molecule has 0 saturated heterocycles. The Morgan fingerprint density at radius 3 is 2.72 bits per heavy atom. The van der Waals surface area contributed by atoms with Crippen LogP contribution in [-0.4, -0.2) is 16.1 Å². The van der Waals surface area contributed by atoms with Crippen LogP contribution in [0.1, 0.15) is 20.8 Å². The van der Waals surface area contributed by atoms with E-state index in [0.29, 0.717) is 4.88 Å². The lowest BCUT2D eigenvalue weighted by Gasteiger charge is -2.03. The lowest BCUT2D eigenvalue weighted by Crippen LogP contribution is -1.89. The molecule has 90 valence electrons. The SMILES string of the molecule is Cc1cc(C)c2cc3cc(C(=O)O)sc3nc2c1. The molecule has 18 heavy (non-hydrogen) atoms. The second kappa shape index (κ2) is 3.78. The van der Waals surface area contributed by atoms with Gasteiger partial charge in [-0.05, 0) is 43.2 Å². The number of nitrogens with zero attached hydrogens (tertiary/aromatic N) is 1. The maximum atomic E-state index is 11.0. The number of carboxylic acid groups (broad SMARTS) is 1. The van der Waals surface area contributed by atoms with E-state index in [2.05, 4.69) is 11.1 Å². The monoisotopic (exact) mass is 257 g/mol. The van der Waals surface area contributed by atoms with Crippen molar-refractivity contribution in [1.82, 2.24) is 4.98 Å². The van der Waals surface area contributed by atoms with E-state index < -0.39 is 5.97 Å². The Morgan fingerprint density at radius 2 is 2.00 bits per heavy atom. The summed E-state index contributed by atoms with van der Waals surface area (Å²) >= 11 is 1.22. The number of benzene rings is 1. The van der Waals surface area contributed by atoms with E-state index in [1.165, 1.54) is 22.5 Å². The van der Waals surface area contributed by atoms with Crippen molar-refractivity contribution in [3.8, 4) is 0 Å². The summed E-state index contributed by atoms with van der Waals surface area (Å²) in [6.45, 7) is 4.09. The summed E-state index contributed by atoms with van der Waals surface area (Å²) in [6.07, 6.45) is 0. The van der Waals surface area contributed by atoms with Gasteiger partial charge in [0.2, 0.25) is 0 Å². The lowest BCUT2D eigenvalue weighted by molar-refractivity contribution is 0.0702. The van der Waals surface area contributed by atoms with Crippen LogP contribution in [-0.2, 0) is 0 Å². The van der Waals surface area contributed by atoms with Gasteiger partial charge in [0.25, 0.3) is 0 Å². The highest BCUT2D eigenvalue weighted by atomic mass is 32.1. The zero-order valence-electron chi connectivity index (χ0n) is 10.0. The minimum atomic E-state index is -0.894. The van der Waals surface area contributed by atoms with Crippen molar-refractivity contribution in [2.45, 2.75) is 13.8 Å². The maximum Gasteiger partial charge on any atom is 0.345 e. The molecule has 0 unspecified atom stereocenters. The third-order valence-electron chi connectivity index (χ3n) is 2.98. The number of fused-ring (bicyclic) bond motifs is 2. The number of aromatic carboxylic acids is 1. The number of aryl methyl sites for hydroxylation is 2. The molecule has 3 aromatic rings. The van der Waals surface area contributed by atoms with Crippen LogP contribution < -0.4 is 0 Å². The fourth-order valence-electron chi connectivity index (χ4n) is 2.19. The minimum Gasteiger partial charge on any atom is -0.477 e. The maximum absolute atomic E-state index is 11.0. The molecule has 4 heteroatoms. The Morgan fingerprint density at radius 1 is 1.22 bits per heavy atom. The summed E-state index contributed by atoms with van der Waals surface area (Å²) in [7, 11) is 0. The van der Waals surface area contributed by atoms with Crippen molar-refractivity contribution in [2.24, 2.45) is 0 Å². The molecule has 0 spiro atoms. The molecule has 3 rings (SSSR count). The van der Waals surface area contributed by atoms with Gasteiger partial charge in [0.1, 0.15) is 9.71 Å². The number of carboxylic acids is 1. The minimum absolute atomic E-state index is 0.335. The van der Waals surface area contributed by atoms with Crippen LogP contribution in [0.15, 0.2) is 24.3 Å².